The van der Waals surface area contributed by atoms with Gasteiger partial charge in [-0.25, -0.2) is 4.99 Å². The number of likely N-dealkylation sites (tertiary alicyclic amines) is 1. The first-order chi connectivity index (χ1) is 13.9. The molecule has 2 N–H and O–H groups in total. The lowest BCUT2D eigenvalue weighted by Crippen LogP contribution is -2.47. The SMILES string of the molecule is CCN1CCCC1CNC(=NCc1ccccc1OC(F)F)NCC(=O)N(C)C.I. The van der Waals surface area contributed by atoms with Gasteiger partial charge in [-0.1, -0.05) is 25.1 Å². The number of para-hydroxylation sites is 1. The van der Waals surface area contributed by atoms with Crippen molar-refractivity contribution in [2.24, 2.45) is 4.99 Å². The zero-order chi connectivity index (χ0) is 21.2. The fourth-order valence-corrected chi connectivity index (χ4v) is 3.26. The largest absolute Gasteiger partial charge is 0.434 e. The Hall–Kier alpha value is -1.69. The van der Waals surface area contributed by atoms with E-state index in [0.717, 1.165) is 25.9 Å². The van der Waals surface area contributed by atoms with E-state index in [2.05, 4.69) is 32.2 Å². The van der Waals surface area contributed by atoms with Crippen molar-refractivity contribution in [1.82, 2.24) is 20.4 Å². The third-order valence-corrected chi connectivity index (χ3v) is 4.91. The number of nitrogens with one attached hydrogen (secondary N) is 2. The Labute approximate surface area is 194 Å². The van der Waals surface area contributed by atoms with Gasteiger partial charge in [-0.05, 0) is 32.0 Å². The molecule has 7 nitrogen and oxygen atoms in total. The van der Waals surface area contributed by atoms with Crippen LogP contribution in [0.4, 0.5) is 8.78 Å². The van der Waals surface area contributed by atoms with Crippen LogP contribution in [0.25, 0.3) is 0 Å². The standard InChI is InChI=1S/C20H31F2N5O2.HI/c1-4-27-11-7-9-16(27)13-24-20(25-14-18(28)26(2)3)23-12-15-8-5-6-10-17(15)29-19(21)22;/h5-6,8,10,16,19H,4,7,9,11-14H2,1-3H3,(H2,23,24,25);1H. The van der Waals surface area contributed by atoms with Crippen molar-refractivity contribution >= 4 is 35.8 Å². The predicted octanol–water partition coefficient (Wildman–Crippen LogP) is 2.51. The molecule has 1 aliphatic rings. The molecule has 1 fully saturated rings. The van der Waals surface area contributed by atoms with Gasteiger partial charge in [0.25, 0.3) is 0 Å². The zero-order valence-corrected chi connectivity index (χ0v) is 20.1. The lowest BCUT2D eigenvalue weighted by molar-refractivity contribution is -0.127. The highest BCUT2D eigenvalue weighted by atomic mass is 127. The molecule has 0 saturated carbocycles. The molecule has 1 aromatic rings. The number of likely N-dealkylation sites (N-methyl/N-ethyl adjacent to an activating group) is 2. The molecule has 0 aromatic heterocycles. The lowest BCUT2D eigenvalue weighted by Gasteiger charge is -2.24. The van der Waals surface area contributed by atoms with Gasteiger partial charge in [0, 0.05) is 32.2 Å². The second-order valence-electron chi connectivity index (χ2n) is 7.10. The van der Waals surface area contributed by atoms with Gasteiger partial charge in [0.2, 0.25) is 5.91 Å². The maximum absolute atomic E-state index is 12.6. The fraction of sp³-hybridized carbons (Fsp3) is 0.600. The van der Waals surface area contributed by atoms with E-state index in [9.17, 15) is 13.6 Å². The summed E-state index contributed by atoms with van der Waals surface area (Å²) in [6, 6.07) is 6.98. The number of hydrogen-bond donors (Lipinski definition) is 2. The van der Waals surface area contributed by atoms with Gasteiger partial charge in [-0.15, -0.1) is 24.0 Å². The normalized spacial score (nSPS) is 16.9. The van der Waals surface area contributed by atoms with Gasteiger partial charge in [0.1, 0.15) is 5.75 Å². The maximum atomic E-state index is 12.6. The van der Waals surface area contributed by atoms with E-state index >= 15 is 0 Å². The van der Waals surface area contributed by atoms with Crippen molar-refractivity contribution in [3.8, 4) is 5.75 Å². The summed E-state index contributed by atoms with van der Waals surface area (Å²) >= 11 is 0. The van der Waals surface area contributed by atoms with Crippen LogP contribution in [-0.4, -0.2) is 74.6 Å². The van der Waals surface area contributed by atoms with Crippen molar-refractivity contribution in [3.05, 3.63) is 29.8 Å². The average Bonchev–Trinajstić information content (AvgIpc) is 3.15. The summed E-state index contributed by atoms with van der Waals surface area (Å²) in [5, 5.41) is 6.32. The van der Waals surface area contributed by atoms with Gasteiger partial charge < -0.3 is 20.3 Å². The summed E-state index contributed by atoms with van der Waals surface area (Å²) < 4.78 is 29.8. The number of benzene rings is 1. The average molecular weight is 539 g/mol. The molecule has 1 amide bonds. The van der Waals surface area contributed by atoms with Gasteiger partial charge in [-0.3, -0.25) is 9.69 Å². The summed E-state index contributed by atoms with van der Waals surface area (Å²) in [5.74, 6) is 0.481. The van der Waals surface area contributed by atoms with Crippen LogP contribution in [0.3, 0.4) is 0 Å². The summed E-state index contributed by atoms with van der Waals surface area (Å²) in [6.07, 6.45) is 2.27. The first-order valence-corrected chi connectivity index (χ1v) is 9.89. The molecule has 30 heavy (non-hydrogen) atoms. The molecule has 0 bridgehead atoms. The minimum absolute atomic E-state index is 0. The smallest absolute Gasteiger partial charge is 0.387 e. The van der Waals surface area contributed by atoms with E-state index in [1.54, 1.807) is 32.3 Å². The number of rotatable bonds is 9. The molecular formula is C20H32F2IN5O2. The molecule has 1 aromatic carbocycles. The van der Waals surface area contributed by atoms with E-state index in [0.29, 0.717) is 24.1 Å². The van der Waals surface area contributed by atoms with Crippen LogP contribution in [0.15, 0.2) is 29.3 Å². The fourth-order valence-electron chi connectivity index (χ4n) is 3.26. The van der Waals surface area contributed by atoms with Crippen LogP contribution in [0, 0.1) is 0 Å². The number of alkyl halides is 2. The van der Waals surface area contributed by atoms with Crippen LogP contribution in [0.5, 0.6) is 5.75 Å². The number of carbonyl (C=O) groups is 1. The van der Waals surface area contributed by atoms with E-state index in [4.69, 9.17) is 0 Å². The number of nitrogens with zero attached hydrogens (tertiary/aromatic N) is 3. The Balaban J connectivity index is 0.00000450. The predicted molar refractivity (Wildman–Crippen MR) is 125 cm³/mol. The van der Waals surface area contributed by atoms with E-state index in [1.165, 1.54) is 11.0 Å². The second-order valence-corrected chi connectivity index (χ2v) is 7.10. The minimum atomic E-state index is -2.89. The van der Waals surface area contributed by atoms with Crippen LogP contribution in [0.2, 0.25) is 0 Å². The van der Waals surface area contributed by atoms with Crippen molar-refractivity contribution < 1.29 is 18.3 Å². The topological polar surface area (TPSA) is 69.2 Å². The molecule has 10 heteroatoms. The second kappa shape index (κ2) is 13.6. The number of amides is 1. The van der Waals surface area contributed by atoms with Crippen LogP contribution >= 0.6 is 24.0 Å². The molecule has 0 radical (unpaired) electrons. The van der Waals surface area contributed by atoms with Gasteiger partial charge in [-0.2, -0.15) is 8.78 Å². The van der Waals surface area contributed by atoms with Crippen molar-refractivity contribution in [3.63, 3.8) is 0 Å². The zero-order valence-electron chi connectivity index (χ0n) is 17.7. The summed E-state index contributed by atoms with van der Waals surface area (Å²) in [6.45, 7) is 2.26. The molecule has 1 unspecified atom stereocenters. The number of carbonyl (C=O) groups excluding carboxylic acids is 1. The van der Waals surface area contributed by atoms with Crippen LogP contribution in [-0.2, 0) is 11.3 Å². The summed E-state index contributed by atoms with van der Waals surface area (Å²) in [5.41, 5.74) is 0.545. The third kappa shape index (κ3) is 8.58. The van der Waals surface area contributed by atoms with Crippen LogP contribution in [0.1, 0.15) is 25.3 Å². The van der Waals surface area contributed by atoms with Crippen molar-refractivity contribution in [2.45, 2.75) is 39.0 Å². The number of halogens is 3. The van der Waals surface area contributed by atoms with Crippen LogP contribution < -0.4 is 15.4 Å². The quantitative estimate of drug-likeness (QED) is 0.287. The number of ether oxygens (including phenoxy) is 1. The highest BCUT2D eigenvalue weighted by molar-refractivity contribution is 14.0. The molecule has 0 aliphatic carbocycles. The first-order valence-electron chi connectivity index (χ1n) is 9.89. The molecule has 170 valence electrons. The Morgan fingerprint density at radius 3 is 2.73 bits per heavy atom. The number of guanidine groups is 1. The monoisotopic (exact) mass is 539 g/mol. The first kappa shape index (κ1) is 26.3. The number of hydrogen-bond acceptors (Lipinski definition) is 4. The number of aliphatic imine (C=N–C) groups is 1. The molecule has 1 aliphatic heterocycles. The Morgan fingerprint density at radius 1 is 1.33 bits per heavy atom. The van der Waals surface area contributed by atoms with E-state index < -0.39 is 6.61 Å². The maximum Gasteiger partial charge on any atom is 0.387 e. The van der Waals surface area contributed by atoms with Gasteiger partial charge in [0.05, 0.1) is 13.1 Å². The van der Waals surface area contributed by atoms with E-state index in [1.807, 2.05) is 0 Å². The molecule has 2 rings (SSSR count). The third-order valence-electron chi connectivity index (χ3n) is 4.91. The Kier molecular flexibility index (Phi) is 11.9. The molecular weight excluding hydrogens is 507 g/mol. The minimum Gasteiger partial charge on any atom is -0.434 e. The summed E-state index contributed by atoms with van der Waals surface area (Å²) in [4.78, 5) is 20.3. The van der Waals surface area contributed by atoms with Crippen molar-refractivity contribution in [1.29, 1.82) is 0 Å². The van der Waals surface area contributed by atoms with Crippen molar-refractivity contribution in [2.75, 3.05) is 40.3 Å². The lowest BCUT2D eigenvalue weighted by atomic mass is 10.2. The van der Waals surface area contributed by atoms with E-state index in [-0.39, 0.29) is 48.7 Å². The Morgan fingerprint density at radius 2 is 2.07 bits per heavy atom. The Bertz CT molecular complexity index is 691. The molecule has 1 atom stereocenters. The molecule has 1 heterocycles. The molecule has 0 spiro atoms. The van der Waals surface area contributed by atoms with Gasteiger partial charge in [0.15, 0.2) is 5.96 Å². The summed E-state index contributed by atoms with van der Waals surface area (Å²) in [7, 11) is 3.37. The highest BCUT2D eigenvalue weighted by Crippen LogP contribution is 2.21. The van der Waals surface area contributed by atoms with Gasteiger partial charge >= 0.3 is 6.61 Å². The highest BCUT2D eigenvalue weighted by Gasteiger charge is 2.23. The molecule has 1 saturated heterocycles.